The first-order valence-corrected chi connectivity index (χ1v) is 15.7. The molecule has 0 aliphatic heterocycles. The fraction of sp³-hybridized carbons (Fsp3) is 0.615. The van der Waals surface area contributed by atoms with Crippen molar-refractivity contribution in [2.24, 2.45) is 0 Å². The van der Waals surface area contributed by atoms with Crippen LogP contribution in [0.15, 0.2) is 29.2 Å². The molecule has 10 nitrogen and oxygen atoms in total. The molecule has 4 N–H and O–H groups in total. The molecular weight excluding hydrogens is 561 g/mol. The van der Waals surface area contributed by atoms with Gasteiger partial charge in [-0.05, 0) is 37.5 Å². The van der Waals surface area contributed by atoms with E-state index in [0.29, 0.717) is 84.8 Å². The molecule has 1 aromatic rings. The summed E-state index contributed by atoms with van der Waals surface area (Å²) < 4.78 is 24.5. The monoisotopic (exact) mass is 602 g/mol. The average molecular weight is 603 g/mol. The van der Waals surface area contributed by atoms with Crippen molar-refractivity contribution in [2.75, 3.05) is 78.4 Å². The Morgan fingerprint density at radius 3 is 2.21 bits per heavy atom. The van der Waals surface area contributed by atoms with Gasteiger partial charge in [0.05, 0.1) is 52.6 Å². The molecule has 0 atom stereocenters. The standard InChI is InChI=1S/C26H42N4O6S3/c1-2-3-10-28-26(32)29-11-4-5-14-36-22-38-39-24-8-6-23(7-9-24)21-25(31)27-12-15-33-17-19-35-20-18-34-16-13-30-37/h6-9,30,37H,4-5,10-22H2,1H3,(H,27,31)(H2,28,29,32). The van der Waals surface area contributed by atoms with E-state index in [2.05, 4.69) is 45.3 Å². The van der Waals surface area contributed by atoms with Crippen LogP contribution in [0.2, 0.25) is 0 Å². The van der Waals surface area contributed by atoms with Gasteiger partial charge in [0.2, 0.25) is 5.91 Å². The number of hydrogen-bond acceptors (Lipinski definition) is 10. The van der Waals surface area contributed by atoms with Crippen LogP contribution in [0.5, 0.6) is 0 Å². The molecule has 3 amide bonds. The molecule has 13 heteroatoms. The van der Waals surface area contributed by atoms with E-state index < -0.39 is 0 Å². The van der Waals surface area contributed by atoms with Crippen LogP contribution in [-0.2, 0) is 30.2 Å². The molecule has 0 aliphatic rings. The Labute approximate surface area is 246 Å². The van der Waals surface area contributed by atoms with E-state index in [1.807, 2.05) is 24.3 Å². The maximum absolute atomic E-state index is 12.1. The second kappa shape index (κ2) is 26.6. The summed E-state index contributed by atoms with van der Waals surface area (Å²) in [5.41, 5.74) is 0.959. The Bertz CT molecular complexity index is 824. The Morgan fingerprint density at radius 1 is 0.821 bits per heavy atom. The zero-order valence-corrected chi connectivity index (χ0v) is 25.2. The zero-order chi connectivity index (χ0) is 28.2. The smallest absolute Gasteiger partial charge is 0.315 e. The lowest BCUT2D eigenvalue weighted by Crippen LogP contribution is -2.36. The van der Waals surface area contributed by atoms with E-state index in [4.69, 9.17) is 18.9 Å². The van der Waals surface area contributed by atoms with Gasteiger partial charge in [-0.25, -0.2) is 4.79 Å². The fourth-order valence-electron chi connectivity index (χ4n) is 2.82. The molecular formula is C26H42N4O6S3. The van der Waals surface area contributed by atoms with Gasteiger partial charge in [-0.1, -0.05) is 52.5 Å². The topological polar surface area (TPSA) is 119 Å². The number of carbonyl (C=O) groups is 2. The third-order valence-corrected chi connectivity index (χ3v) is 7.05. The third-order valence-electron chi connectivity index (χ3n) is 4.76. The summed E-state index contributed by atoms with van der Waals surface area (Å²) in [7, 11) is 3.26. The maximum Gasteiger partial charge on any atom is 0.315 e. The highest BCUT2D eigenvalue weighted by atomic mass is 33.1. The molecule has 0 fully saturated rings. The van der Waals surface area contributed by atoms with Gasteiger partial charge in [-0.3, -0.25) is 9.52 Å². The minimum Gasteiger partial charge on any atom is -0.378 e. The molecule has 0 unspecified atom stereocenters. The highest BCUT2D eigenvalue weighted by molar-refractivity contribution is 8.76. The second-order valence-electron chi connectivity index (χ2n) is 7.89. The number of carbonyl (C=O) groups excluding carboxylic acids is 2. The van der Waals surface area contributed by atoms with E-state index in [-0.39, 0.29) is 11.9 Å². The van der Waals surface area contributed by atoms with Gasteiger partial charge in [-0.15, -0.1) is 5.92 Å². The van der Waals surface area contributed by atoms with Gasteiger partial charge in [0, 0.05) is 31.1 Å². The summed E-state index contributed by atoms with van der Waals surface area (Å²) in [5, 5.41) is 8.31. The van der Waals surface area contributed by atoms with Crippen LogP contribution < -0.4 is 20.7 Å². The molecule has 0 saturated heterocycles. The summed E-state index contributed by atoms with van der Waals surface area (Å²) in [6.45, 7) is 7.58. The summed E-state index contributed by atoms with van der Waals surface area (Å²) in [4.78, 5) is 24.7. The Hall–Kier alpha value is -1.63. The van der Waals surface area contributed by atoms with Crippen LogP contribution in [0, 0.1) is 11.8 Å². The Kier molecular flexibility index (Phi) is 24.1. The first kappa shape index (κ1) is 35.4. The Morgan fingerprint density at radius 2 is 1.51 bits per heavy atom. The van der Waals surface area contributed by atoms with Crippen LogP contribution in [-0.4, -0.2) is 90.3 Å². The molecule has 1 rings (SSSR count). The van der Waals surface area contributed by atoms with Crippen molar-refractivity contribution in [3.05, 3.63) is 29.8 Å². The minimum absolute atomic E-state index is 0.0347. The second-order valence-corrected chi connectivity index (χ2v) is 10.5. The van der Waals surface area contributed by atoms with E-state index in [1.54, 1.807) is 28.5 Å². The molecule has 0 aromatic heterocycles. The number of ether oxygens (including phenoxy) is 4. The summed E-state index contributed by atoms with van der Waals surface area (Å²) in [5.74, 6) is 6.05. The van der Waals surface area contributed by atoms with Gasteiger partial charge < -0.3 is 34.9 Å². The lowest BCUT2D eigenvalue weighted by atomic mass is 10.1. The van der Waals surface area contributed by atoms with Crippen molar-refractivity contribution in [1.82, 2.24) is 20.7 Å². The predicted molar refractivity (Wildman–Crippen MR) is 161 cm³/mol. The van der Waals surface area contributed by atoms with Gasteiger partial charge in [0.15, 0.2) is 0 Å². The van der Waals surface area contributed by atoms with Crippen LogP contribution in [0.1, 0.15) is 25.3 Å². The first-order chi connectivity index (χ1) is 19.2. The van der Waals surface area contributed by atoms with Crippen LogP contribution in [0.25, 0.3) is 0 Å². The molecule has 0 heterocycles. The highest BCUT2D eigenvalue weighted by Crippen LogP contribution is 2.31. The van der Waals surface area contributed by atoms with Crippen LogP contribution in [0.4, 0.5) is 4.79 Å². The fourth-order valence-corrected chi connectivity index (χ4v) is 4.62. The predicted octanol–water partition coefficient (Wildman–Crippen LogP) is 2.65. The van der Waals surface area contributed by atoms with Crippen LogP contribution in [0.3, 0.4) is 0 Å². The maximum atomic E-state index is 12.1. The summed E-state index contributed by atoms with van der Waals surface area (Å²) in [6, 6.07) is 7.75. The van der Waals surface area contributed by atoms with Crippen molar-refractivity contribution < 1.29 is 28.5 Å². The SMILES string of the molecule is CC#CCNC(=O)NCCCCOCSSc1ccc(CC(=O)NCCOCCOCCOCCNS)cc1. The molecule has 1 aromatic carbocycles. The number of rotatable bonds is 24. The van der Waals surface area contributed by atoms with Crippen molar-refractivity contribution in [2.45, 2.75) is 31.1 Å². The van der Waals surface area contributed by atoms with Crippen molar-refractivity contribution >= 4 is 46.3 Å². The van der Waals surface area contributed by atoms with E-state index in [0.717, 1.165) is 23.3 Å². The molecule has 39 heavy (non-hydrogen) atoms. The van der Waals surface area contributed by atoms with E-state index in [9.17, 15) is 9.59 Å². The lowest BCUT2D eigenvalue weighted by Gasteiger charge is -2.08. The third kappa shape index (κ3) is 22.8. The number of urea groups is 1. The van der Waals surface area contributed by atoms with Gasteiger partial charge in [-0.2, -0.15) is 0 Å². The largest absolute Gasteiger partial charge is 0.378 e. The normalized spacial score (nSPS) is 10.5. The van der Waals surface area contributed by atoms with Crippen LogP contribution >= 0.6 is 34.4 Å². The number of benzene rings is 1. The molecule has 0 radical (unpaired) electrons. The van der Waals surface area contributed by atoms with Gasteiger partial charge in [0.1, 0.15) is 5.94 Å². The quantitative estimate of drug-likeness (QED) is 0.0400. The molecule has 0 spiro atoms. The molecule has 0 saturated carbocycles. The summed E-state index contributed by atoms with van der Waals surface area (Å²) >= 11 is 3.88. The van der Waals surface area contributed by atoms with Crippen molar-refractivity contribution in [3.8, 4) is 11.8 Å². The van der Waals surface area contributed by atoms with E-state index in [1.165, 1.54) is 0 Å². The highest BCUT2D eigenvalue weighted by Gasteiger charge is 2.04. The van der Waals surface area contributed by atoms with Crippen molar-refractivity contribution in [1.29, 1.82) is 0 Å². The first-order valence-electron chi connectivity index (χ1n) is 12.9. The van der Waals surface area contributed by atoms with Gasteiger partial charge in [0.25, 0.3) is 0 Å². The lowest BCUT2D eigenvalue weighted by molar-refractivity contribution is -0.120. The molecule has 220 valence electrons. The average Bonchev–Trinajstić information content (AvgIpc) is 2.93. The van der Waals surface area contributed by atoms with Gasteiger partial charge >= 0.3 is 6.03 Å². The zero-order valence-electron chi connectivity index (χ0n) is 22.6. The number of unbranched alkanes of at least 4 members (excludes halogenated alkanes) is 1. The molecule has 0 bridgehead atoms. The number of amides is 3. The number of nitrogens with one attached hydrogen (secondary N) is 4. The Balaban J connectivity index is 1.95. The number of thiol groups is 1. The molecule has 0 aliphatic carbocycles. The minimum atomic E-state index is -0.198. The summed E-state index contributed by atoms with van der Waals surface area (Å²) in [6.07, 6.45) is 2.06. The van der Waals surface area contributed by atoms with Crippen molar-refractivity contribution in [3.63, 3.8) is 0 Å². The van der Waals surface area contributed by atoms with E-state index >= 15 is 0 Å². The number of hydrogen-bond donors (Lipinski definition) is 5.